The van der Waals surface area contributed by atoms with E-state index in [9.17, 15) is 18.0 Å². The summed E-state index contributed by atoms with van der Waals surface area (Å²) in [4.78, 5) is 25.4. The van der Waals surface area contributed by atoms with Gasteiger partial charge in [-0.15, -0.1) is 0 Å². The molecule has 1 saturated heterocycles. The Labute approximate surface area is 183 Å². The first-order valence-corrected chi connectivity index (χ1v) is 11.4. The van der Waals surface area contributed by atoms with Crippen molar-refractivity contribution in [3.05, 3.63) is 23.8 Å². The monoisotopic (exact) mass is 454 g/mol. The minimum Gasteiger partial charge on any atom is -0.493 e. The maximum absolute atomic E-state index is 13.5. The highest BCUT2D eigenvalue weighted by Gasteiger charge is 2.32. The van der Waals surface area contributed by atoms with Gasteiger partial charge in [-0.1, -0.05) is 13.8 Å². The molecule has 0 saturated carbocycles. The molecule has 0 radical (unpaired) electrons. The highest BCUT2D eigenvalue weighted by Crippen LogP contribution is 2.37. The number of hydrogen-bond donors (Lipinski definition) is 0. The van der Waals surface area contributed by atoms with Crippen LogP contribution in [0.25, 0.3) is 6.08 Å². The molecule has 0 N–H and O–H groups in total. The fraction of sp³-hybridized carbons (Fsp3) is 0.524. The number of hydrogen-bond acceptors (Lipinski definition) is 7. The Kier molecular flexibility index (Phi) is 8.46. The Bertz CT molecular complexity index is 941. The van der Waals surface area contributed by atoms with Crippen LogP contribution < -0.4 is 9.47 Å². The molecule has 0 aromatic heterocycles. The van der Waals surface area contributed by atoms with E-state index in [-0.39, 0.29) is 41.3 Å². The summed E-state index contributed by atoms with van der Waals surface area (Å²) in [5.74, 6) is -0.405. The van der Waals surface area contributed by atoms with Crippen molar-refractivity contribution in [3.63, 3.8) is 0 Å². The molecule has 1 aromatic rings. The third kappa shape index (κ3) is 5.76. The van der Waals surface area contributed by atoms with E-state index >= 15 is 0 Å². The van der Waals surface area contributed by atoms with Crippen molar-refractivity contribution < 1.29 is 32.2 Å². The number of carbonyl (C=O) groups is 2. The van der Waals surface area contributed by atoms with Crippen molar-refractivity contribution in [1.29, 1.82) is 0 Å². The van der Waals surface area contributed by atoms with Crippen molar-refractivity contribution in [2.24, 2.45) is 5.92 Å². The molecule has 172 valence electrons. The highest BCUT2D eigenvalue weighted by atomic mass is 32.2. The smallest absolute Gasteiger partial charge is 0.330 e. The molecule has 31 heavy (non-hydrogen) atoms. The summed E-state index contributed by atoms with van der Waals surface area (Å²) in [7, 11) is 0.0709. The third-order valence-corrected chi connectivity index (χ3v) is 6.86. The molecule has 1 amide bonds. The first-order chi connectivity index (χ1) is 14.6. The summed E-state index contributed by atoms with van der Waals surface area (Å²) >= 11 is 0. The molecular formula is C21H30N2O7S. The molecular weight excluding hydrogens is 424 g/mol. The molecule has 1 aliphatic rings. The first kappa shape index (κ1) is 24.7. The van der Waals surface area contributed by atoms with Gasteiger partial charge < -0.3 is 19.1 Å². The molecule has 1 fully saturated rings. The van der Waals surface area contributed by atoms with E-state index in [2.05, 4.69) is 4.74 Å². The number of esters is 1. The molecule has 2 rings (SSSR count). The van der Waals surface area contributed by atoms with Crippen molar-refractivity contribution in [2.75, 3.05) is 47.5 Å². The standard InChI is InChI=1S/C21H30N2O7S/c1-15(2)21(25)22-9-6-10-23(12-11-22)31(26,27)18-14-16(7-8-19(24)29-4)13-17(28-3)20(18)30-5/h7-8,13-15H,6,9-12H2,1-5H3/b8-7+. The summed E-state index contributed by atoms with van der Waals surface area (Å²) in [5, 5.41) is 0. The quantitative estimate of drug-likeness (QED) is 0.457. The normalized spacial score (nSPS) is 15.7. The van der Waals surface area contributed by atoms with E-state index in [4.69, 9.17) is 9.47 Å². The number of nitrogens with zero attached hydrogens (tertiary/aromatic N) is 2. The molecule has 0 aliphatic carbocycles. The summed E-state index contributed by atoms with van der Waals surface area (Å²) in [6.07, 6.45) is 3.16. The molecule has 1 aromatic carbocycles. The van der Waals surface area contributed by atoms with Crippen LogP contribution in [0, 0.1) is 5.92 Å². The van der Waals surface area contributed by atoms with Crippen LogP contribution in [-0.2, 0) is 24.3 Å². The lowest BCUT2D eigenvalue weighted by atomic mass is 10.2. The van der Waals surface area contributed by atoms with Gasteiger partial charge in [-0.2, -0.15) is 4.31 Å². The molecule has 0 unspecified atom stereocenters. The second kappa shape index (κ2) is 10.6. The Morgan fingerprint density at radius 1 is 1.03 bits per heavy atom. The number of rotatable bonds is 7. The van der Waals surface area contributed by atoms with Crippen LogP contribution in [0.2, 0.25) is 0 Å². The summed E-state index contributed by atoms with van der Waals surface area (Å²) in [5.41, 5.74) is 0.438. The van der Waals surface area contributed by atoms with Crippen molar-refractivity contribution >= 4 is 28.0 Å². The van der Waals surface area contributed by atoms with E-state index in [1.807, 2.05) is 13.8 Å². The topological polar surface area (TPSA) is 102 Å². The maximum Gasteiger partial charge on any atom is 0.330 e. The first-order valence-electron chi connectivity index (χ1n) is 9.96. The zero-order valence-corrected chi connectivity index (χ0v) is 19.4. The number of carbonyl (C=O) groups excluding carboxylic acids is 2. The highest BCUT2D eigenvalue weighted by molar-refractivity contribution is 7.89. The van der Waals surface area contributed by atoms with Gasteiger partial charge in [0, 0.05) is 38.2 Å². The summed E-state index contributed by atoms with van der Waals surface area (Å²) in [6.45, 7) is 4.92. The SMILES string of the molecule is COC(=O)/C=C/c1cc(OC)c(OC)c(S(=O)(=O)N2CCCN(C(=O)C(C)C)CC2)c1. The van der Waals surface area contributed by atoms with Crippen LogP contribution in [0.4, 0.5) is 0 Å². The Balaban J connectivity index is 2.43. The molecule has 0 bridgehead atoms. The predicted molar refractivity (Wildman–Crippen MR) is 115 cm³/mol. The summed E-state index contributed by atoms with van der Waals surface area (Å²) < 4.78 is 43.6. The lowest BCUT2D eigenvalue weighted by Gasteiger charge is -2.24. The van der Waals surface area contributed by atoms with Crippen LogP contribution in [0.1, 0.15) is 25.8 Å². The van der Waals surface area contributed by atoms with E-state index in [0.29, 0.717) is 25.1 Å². The number of sulfonamides is 1. The van der Waals surface area contributed by atoms with Gasteiger partial charge in [0.25, 0.3) is 0 Å². The van der Waals surface area contributed by atoms with Gasteiger partial charge in [-0.25, -0.2) is 13.2 Å². The van der Waals surface area contributed by atoms with Crippen LogP contribution in [0.5, 0.6) is 11.5 Å². The fourth-order valence-corrected chi connectivity index (χ4v) is 5.00. The molecule has 0 spiro atoms. The average Bonchev–Trinajstić information content (AvgIpc) is 3.02. The van der Waals surface area contributed by atoms with Gasteiger partial charge in [-0.3, -0.25) is 4.79 Å². The van der Waals surface area contributed by atoms with Crippen LogP contribution >= 0.6 is 0 Å². The van der Waals surface area contributed by atoms with Gasteiger partial charge in [0.05, 0.1) is 21.3 Å². The molecule has 0 atom stereocenters. The number of ether oxygens (including phenoxy) is 3. The lowest BCUT2D eigenvalue weighted by Crippen LogP contribution is -2.39. The second-order valence-electron chi connectivity index (χ2n) is 7.35. The van der Waals surface area contributed by atoms with Gasteiger partial charge in [0.1, 0.15) is 4.90 Å². The molecule has 9 nitrogen and oxygen atoms in total. The summed E-state index contributed by atoms with van der Waals surface area (Å²) in [6, 6.07) is 3.00. The van der Waals surface area contributed by atoms with E-state index in [1.54, 1.807) is 11.0 Å². The lowest BCUT2D eigenvalue weighted by molar-refractivity contribution is -0.135. The zero-order valence-electron chi connectivity index (χ0n) is 18.6. The zero-order chi connectivity index (χ0) is 23.2. The minimum atomic E-state index is -3.96. The maximum atomic E-state index is 13.5. The second-order valence-corrected chi connectivity index (χ2v) is 9.26. The molecule has 1 aliphatic heterocycles. The number of methoxy groups -OCH3 is 3. The largest absolute Gasteiger partial charge is 0.493 e. The van der Waals surface area contributed by atoms with Crippen LogP contribution in [0.15, 0.2) is 23.1 Å². The Morgan fingerprint density at radius 3 is 2.32 bits per heavy atom. The fourth-order valence-electron chi connectivity index (χ4n) is 3.33. The van der Waals surface area contributed by atoms with Crippen molar-refractivity contribution in [2.45, 2.75) is 25.2 Å². The van der Waals surface area contributed by atoms with Gasteiger partial charge in [0.2, 0.25) is 15.9 Å². The van der Waals surface area contributed by atoms with Crippen LogP contribution in [-0.4, -0.2) is 77.0 Å². The molecule has 10 heteroatoms. The number of amides is 1. The van der Waals surface area contributed by atoms with Gasteiger partial charge >= 0.3 is 5.97 Å². The van der Waals surface area contributed by atoms with Crippen molar-refractivity contribution in [1.82, 2.24) is 9.21 Å². The van der Waals surface area contributed by atoms with Gasteiger partial charge in [-0.05, 0) is 30.2 Å². The molecule has 1 heterocycles. The van der Waals surface area contributed by atoms with Crippen molar-refractivity contribution in [3.8, 4) is 11.5 Å². The van der Waals surface area contributed by atoms with E-state index in [0.717, 1.165) is 0 Å². The van der Waals surface area contributed by atoms with E-state index in [1.165, 1.54) is 43.9 Å². The van der Waals surface area contributed by atoms with Gasteiger partial charge in [0.15, 0.2) is 11.5 Å². The third-order valence-electron chi connectivity index (χ3n) is 4.96. The Hall–Kier alpha value is -2.59. The van der Waals surface area contributed by atoms with Crippen LogP contribution in [0.3, 0.4) is 0 Å². The Morgan fingerprint density at radius 2 is 1.74 bits per heavy atom. The minimum absolute atomic E-state index is 0.00782. The number of benzene rings is 1. The predicted octanol–water partition coefficient (Wildman–Crippen LogP) is 1.77. The average molecular weight is 455 g/mol. The van der Waals surface area contributed by atoms with E-state index < -0.39 is 16.0 Å².